The minimum atomic E-state index is -0.125. The topological polar surface area (TPSA) is 60.5 Å². The number of fused-ring (bicyclic) bond motifs is 1. The van der Waals surface area contributed by atoms with Crippen LogP contribution < -0.4 is 14.8 Å². The molecule has 1 N–H and O–H groups in total. The fraction of sp³-hybridized carbons (Fsp3) is 0.368. The highest BCUT2D eigenvalue weighted by Gasteiger charge is 2.20. The van der Waals surface area contributed by atoms with Gasteiger partial charge in [0.1, 0.15) is 13.2 Å². The van der Waals surface area contributed by atoms with E-state index in [2.05, 4.69) is 10.3 Å². The normalized spacial score (nSPS) is 14.1. The number of nitrogens with one attached hydrogen (secondary N) is 1. The van der Waals surface area contributed by atoms with Crippen molar-refractivity contribution < 1.29 is 14.3 Å². The summed E-state index contributed by atoms with van der Waals surface area (Å²) < 4.78 is 11.1. The fourth-order valence-electron chi connectivity index (χ4n) is 2.81. The summed E-state index contributed by atoms with van der Waals surface area (Å²) in [4.78, 5) is 17.3. The third kappa shape index (κ3) is 3.35. The van der Waals surface area contributed by atoms with Crippen LogP contribution in [0, 0.1) is 13.8 Å². The largest absolute Gasteiger partial charge is 0.486 e. The number of carbonyl (C=O) groups is 1. The Bertz CT molecular complexity index is 758. The molecule has 1 unspecified atom stereocenters. The molecule has 0 saturated carbocycles. The number of ether oxygens (including phenoxy) is 2. The second-order valence-electron chi connectivity index (χ2n) is 5.95. The molecule has 2 heterocycles. The number of aryl methyl sites for hydroxylation is 2. The first kappa shape index (κ1) is 16.3. The molecule has 0 radical (unpaired) electrons. The molecular formula is C19H22N2O3. The van der Waals surface area contributed by atoms with E-state index < -0.39 is 0 Å². The SMILES string of the molecule is CCC(NC(=O)c1cc2c(cc1C)OCCO2)c1cccc(C)n1. The monoisotopic (exact) mass is 326 g/mol. The minimum absolute atomic E-state index is 0.120. The van der Waals surface area contributed by atoms with Crippen LogP contribution in [0.4, 0.5) is 0 Å². The maximum absolute atomic E-state index is 12.7. The quantitative estimate of drug-likeness (QED) is 0.936. The van der Waals surface area contributed by atoms with E-state index in [0.717, 1.165) is 23.4 Å². The molecule has 1 atom stereocenters. The summed E-state index contributed by atoms with van der Waals surface area (Å²) in [6.45, 7) is 6.92. The summed E-state index contributed by atoms with van der Waals surface area (Å²) in [5, 5.41) is 3.08. The molecule has 24 heavy (non-hydrogen) atoms. The van der Waals surface area contributed by atoms with E-state index in [1.807, 2.05) is 45.0 Å². The van der Waals surface area contributed by atoms with Crippen LogP contribution in [0.25, 0.3) is 0 Å². The molecule has 0 saturated heterocycles. The Morgan fingerprint density at radius 1 is 1.21 bits per heavy atom. The first-order valence-electron chi connectivity index (χ1n) is 8.23. The molecule has 0 aliphatic carbocycles. The van der Waals surface area contributed by atoms with Crippen molar-refractivity contribution in [2.75, 3.05) is 13.2 Å². The van der Waals surface area contributed by atoms with Gasteiger partial charge in [-0.05, 0) is 50.1 Å². The van der Waals surface area contributed by atoms with Crippen molar-refractivity contribution in [3.8, 4) is 11.5 Å². The molecule has 126 valence electrons. The smallest absolute Gasteiger partial charge is 0.252 e. The Hall–Kier alpha value is -2.56. The fourth-order valence-corrected chi connectivity index (χ4v) is 2.81. The predicted molar refractivity (Wildman–Crippen MR) is 91.6 cm³/mol. The second kappa shape index (κ2) is 6.91. The van der Waals surface area contributed by atoms with Crippen molar-refractivity contribution in [3.63, 3.8) is 0 Å². The number of benzene rings is 1. The lowest BCUT2D eigenvalue weighted by atomic mass is 10.0. The van der Waals surface area contributed by atoms with Crippen LogP contribution in [0.1, 0.15) is 46.7 Å². The summed E-state index contributed by atoms with van der Waals surface area (Å²) in [6.07, 6.45) is 0.770. The van der Waals surface area contributed by atoms with Crippen molar-refractivity contribution in [1.82, 2.24) is 10.3 Å². The van der Waals surface area contributed by atoms with Crippen LogP contribution in [-0.2, 0) is 0 Å². The van der Waals surface area contributed by atoms with Crippen LogP contribution in [0.15, 0.2) is 30.3 Å². The molecule has 1 aromatic heterocycles. The summed E-state index contributed by atoms with van der Waals surface area (Å²) in [6, 6.07) is 9.35. The molecule has 1 aliphatic rings. The number of rotatable bonds is 4. The standard InChI is InChI=1S/C19H22N2O3/c1-4-15(16-7-5-6-13(3)20-16)21-19(22)14-11-18-17(10-12(14)2)23-8-9-24-18/h5-7,10-11,15H,4,8-9H2,1-3H3,(H,21,22). The Kier molecular flexibility index (Phi) is 4.69. The number of amides is 1. The van der Waals surface area contributed by atoms with Gasteiger partial charge in [0.2, 0.25) is 0 Å². The third-order valence-electron chi connectivity index (χ3n) is 4.11. The van der Waals surface area contributed by atoms with Crippen LogP contribution in [0.5, 0.6) is 11.5 Å². The van der Waals surface area contributed by atoms with Crippen LogP contribution >= 0.6 is 0 Å². The Morgan fingerprint density at radius 3 is 2.58 bits per heavy atom. The lowest BCUT2D eigenvalue weighted by Crippen LogP contribution is -2.29. The molecule has 5 nitrogen and oxygen atoms in total. The van der Waals surface area contributed by atoms with Gasteiger partial charge >= 0.3 is 0 Å². The van der Waals surface area contributed by atoms with E-state index in [1.165, 1.54) is 0 Å². The summed E-state index contributed by atoms with van der Waals surface area (Å²) in [5.74, 6) is 1.20. The van der Waals surface area contributed by atoms with Gasteiger partial charge in [-0.15, -0.1) is 0 Å². The zero-order chi connectivity index (χ0) is 17.1. The van der Waals surface area contributed by atoms with Gasteiger partial charge in [-0.2, -0.15) is 0 Å². The highest BCUT2D eigenvalue weighted by Crippen LogP contribution is 2.33. The molecule has 3 rings (SSSR count). The van der Waals surface area contributed by atoms with E-state index in [9.17, 15) is 4.79 Å². The second-order valence-corrected chi connectivity index (χ2v) is 5.95. The summed E-state index contributed by atoms with van der Waals surface area (Å²) in [7, 11) is 0. The van der Waals surface area contributed by atoms with E-state index in [0.29, 0.717) is 30.3 Å². The highest BCUT2D eigenvalue weighted by atomic mass is 16.6. The van der Waals surface area contributed by atoms with Gasteiger partial charge in [-0.1, -0.05) is 13.0 Å². The zero-order valence-corrected chi connectivity index (χ0v) is 14.3. The average Bonchev–Trinajstić information content (AvgIpc) is 2.58. The van der Waals surface area contributed by atoms with Crippen molar-refractivity contribution >= 4 is 5.91 Å². The van der Waals surface area contributed by atoms with Gasteiger partial charge in [0.05, 0.1) is 11.7 Å². The number of carbonyl (C=O) groups excluding carboxylic acids is 1. The molecule has 5 heteroatoms. The van der Waals surface area contributed by atoms with Gasteiger partial charge in [0.25, 0.3) is 5.91 Å². The molecule has 2 aromatic rings. The van der Waals surface area contributed by atoms with Gasteiger partial charge in [-0.25, -0.2) is 0 Å². The Morgan fingerprint density at radius 2 is 1.92 bits per heavy atom. The number of aromatic nitrogens is 1. The van der Waals surface area contributed by atoms with Crippen molar-refractivity contribution in [3.05, 3.63) is 52.8 Å². The van der Waals surface area contributed by atoms with E-state index in [-0.39, 0.29) is 11.9 Å². The van der Waals surface area contributed by atoms with Crippen LogP contribution in [-0.4, -0.2) is 24.1 Å². The number of pyridine rings is 1. The maximum atomic E-state index is 12.7. The first-order valence-corrected chi connectivity index (χ1v) is 8.23. The molecule has 1 aromatic carbocycles. The van der Waals surface area contributed by atoms with Crippen molar-refractivity contribution in [2.45, 2.75) is 33.2 Å². The van der Waals surface area contributed by atoms with Crippen molar-refractivity contribution in [2.24, 2.45) is 0 Å². The number of nitrogens with zero attached hydrogens (tertiary/aromatic N) is 1. The molecule has 0 bridgehead atoms. The summed E-state index contributed by atoms with van der Waals surface area (Å²) >= 11 is 0. The minimum Gasteiger partial charge on any atom is -0.486 e. The predicted octanol–water partition coefficient (Wildman–Crippen LogP) is 3.35. The van der Waals surface area contributed by atoms with Gasteiger partial charge in [0, 0.05) is 11.3 Å². The van der Waals surface area contributed by atoms with Crippen LogP contribution in [0.3, 0.4) is 0 Å². The van der Waals surface area contributed by atoms with E-state index in [1.54, 1.807) is 6.07 Å². The van der Waals surface area contributed by atoms with E-state index >= 15 is 0 Å². The van der Waals surface area contributed by atoms with E-state index in [4.69, 9.17) is 9.47 Å². The van der Waals surface area contributed by atoms with Gasteiger partial charge in [0.15, 0.2) is 11.5 Å². The summed E-state index contributed by atoms with van der Waals surface area (Å²) in [5.41, 5.74) is 3.28. The van der Waals surface area contributed by atoms with Crippen LogP contribution in [0.2, 0.25) is 0 Å². The maximum Gasteiger partial charge on any atom is 0.252 e. The zero-order valence-electron chi connectivity index (χ0n) is 14.3. The third-order valence-corrected chi connectivity index (χ3v) is 4.11. The number of hydrogen-bond acceptors (Lipinski definition) is 4. The Labute approximate surface area is 142 Å². The van der Waals surface area contributed by atoms with Gasteiger partial charge < -0.3 is 14.8 Å². The van der Waals surface area contributed by atoms with Gasteiger partial charge in [-0.3, -0.25) is 9.78 Å². The lowest BCUT2D eigenvalue weighted by Gasteiger charge is -2.21. The molecular weight excluding hydrogens is 304 g/mol. The first-order chi connectivity index (χ1) is 11.6. The Balaban J connectivity index is 1.83. The molecule has 0 spiro atoms. The molecule has 0 fully saturated rings. The molecule has 1 aliphatic heterocycles. The van der Waals surface area contributed by atoms with Crippen molar-refractivity contribution in [1.29, 1.82) is 0 Å². The lowest BCUT2D eigenvalue weighted by molar-refractivity contribution is 0.0932. The highest BCUT2D eigenvalue weighted by molar-refractivity contribution is 5.96. The molecule has 1 amide bonds. The number of hydrogen-bond donors (Lipinski definition) is 1. The average molecular weight is 326 g/mol.